The van der Waals surface area contributed by atoms with Crippen LogP contribution < -0.4 is 15.1 Å². The molecule has 7 heteroatoms. The molecule has 1 aromatic heterocycles. The molecular weight excluding hydrogens is 400 g/mol. The van der Waals surface area contributed by atoms with E-state index in [0.717, 1.165) is 16.5 Å². The van der Waals surface area contributed by atoms with Crippen LogP contribution in [0.4, 0.5) is 0 Å². The van der Waals surface area contributed by atoms with Crippen LogP contribution in [0.25, 0.3) is 11.0 Å². The first-order valence-corrected chi connectivity index (χ1v) is 10.1. The Kier molecular flexibility index (Phi) is 5.35. The SMILES string of the molecule is COc1cc(CCC(=O)OC2Cc3cc4ccc(=O)oc4cc3OC2(C)C)ccc1O. The Morgan fingerprint density at radius 2 is 2.00 bits per heavy atom. The van der Waals surface area contributed by atoms with E-state index in [2.05, 4.69) is 0 Å². The molecule has 7 nitrogen and oxygen atoms in total. The summed E-state index contributed by atoms with van der Waals surface area (Å²) in [5.74, 6) is 0.715. The Morgan fingerprint density at radius 3 is 2.77 bits per heavy atom. The quantitative estimate of drug-likeness (QED) is 0.492. The number of benzene rings is 2. The van der Waals surface area contributed by atoms with Crippen molar-refractivity contribution in [2.45, 2.75) is 44.8 Å². The number of phenols is 1. The van der Waals surface area contributed by atoms with Gasteiger partial charge in [-0.1, -0.05) is 6.07 Å². The Balaban J connectivity index is 1.46. The summed E-state index contributed by atoms with van der Waals surface area (Å²) in [5, 5.41) is 10.5. The van der Waals surface area contributed by atoms with E-state index >= 15 is 0 Å². The van der Waals surface area contributed by atoms with Gasteiger partial charge < -0.3 is 23.7 Å². The van der Waals surface area contributed by atoms with Gasteiger partial charge in [0.05, 0.1) is 7.11 Å². The summed E-state index contributed by atoms with van der Waals surface area (Å²) in [7, 11) is 1.48. The van der Waals surface area contributed by atoms with Crippen LogP contribution in [-0.2, 0) is 22.4 Å². The highest BCUT2D eigenvalue weighted by Crippen LogP contribution is 2.37. The van der Waals surface area contributed by atoms with Crippen molar-refractivity contribution in [3.63, 3.8) is 0 Å². The number of phenolic OH excluding ortho intramolecular Hbond substituents is 1. The molecule has 0 fully saturated rings. The first kappa shape index (κ1) is 20.8. The Labute approximate surface area is 179 Å². The number of hydrogen-bond donors (Lipinski definition) is 1. The van der Waals surface area contributed by atoms with Crippen LogP contribution in [0.1, 0.15) is 31.4 Å². The summed E-state index contributed by atoms with van der Waals surface area (Å²) in [4.78, 5) is 24.0. The molecule has 1 aliphatic rings. The molecule has 1 aliphatic heterocycles. The number of carbonyl (C=O) groups is 1. The standard InChI is InChI=1S/C24H24O7/c1-24(2)21(30-23(27)8-5-14-4-7-17(25)20(10-14)28-3)12-16-11-15-6-9-22(26)29-18(15)13-19(16)31-24/h4,6-7,9-11,13,21,25H,5,8,12H2,1-3H3. The molecule has 0 amide bonds. The lowest BCUT2D eigenvalue weighted by atomic mass is 9.90. The van der Waals surface area contributed by atoms with Gasteiger partial charge in [-0.05, 0) is 55.7 Å². The highest BCUT2D eigenvalue weighted by Gasteiger charge is 2.40. The predicted molar refractivity (Wildman–Crippen MR) is 114 cm³/mol. The van der Waals surface area contributed by atoms with Crippen molar-refractivity contribution < 1.29 is 28.5 Å². The smallest absolute Gasteiger partial charge is 0.336 e. The molecule has 0 saturated heterocycles. The van der Waals surface area contributed by atoms with E-state index in [-0.39, 0.29) is 18.1 Å². The van der Waals surface area contributed by atoms with Crippen molar-refractivity contribution >= 4 is 16.9 Å². The van der Waals surface area contributed by atoms with Crippen molar-refractivity contribution in [3.8, 4) is 17.2 Å². The van der Waals surface area contributed by atoms with Gasteiger partial charge in [-0.3, -0.25) is 4.79 Å². The van der Waals surface area contributed by atoms with E-state index < -0.39 is 17.3 Å². The third kappa shape index (κ3) is 4.35. The number of aromatic hydroxyl groups is 1. The average molecular weight is 424 g/mol. The third-order valence-electron chi connectivity index (χ3n) is 5.49. The number of esters is 1. The molecule has 3 aromatic rings. The van der Waals surface area contributed by atoms with Gasteiger partial charge in [-0.15, -0.1) is 0 Å². The van der Waals surface area contributed by atoms with Crippen molar-refractivity contribution in [2.75, 3.05) is 7.11 Å². The van der Waals surface area contributed by atoms with Gasteiger partial charge in [0.2, 0.25) is 0 Å². The van der Waals surface area contributed by atoms with Crippen molar-refractivity contribution in [2.24, 2.45) is 0 Å². The van der Waals surface area contributed by atoms with E-state index in [1.807, 2.05) is 19.9 Å². The first-order chi connectivity index (χ1) is 14.7. The van der Waals surface area contributed by atoms with Crippen molar-refractivity contribution in [1.82, 2.24) is 0 Å². The molecule has 31 heavy (non-hydrogen) atoms. The fourth-order valence-electron chi connectivity index (χ4n) is 3.72. The maximum absolute atomic E-state index is 12.5. The van der Waals surface area contributed by atoms with Crippen LogP contribution in [0.15, 0.2) is 51.7 Å². The molecule has 2 aromatic carbocycles. The summed E-state index contributed by atoms with van der Waals surface area (Å²) < 4.78 is 22.2. The maximum atomic E-state index is 12.5. The van der Waals surface area contributed by atoms with Crippen LogP contribution in [-0.4, -0.2) is 29.9 Å². The van der Waals surface area contributed by atoms with E-state index in [9.17, 15) is 14.7 Å². The molecule has 1 atom stereocenters. The van der Waals surface area contributed by atoms with Crippen LogP contribution >= 0.6 is 0 Å². The Morgan fingerprint density at radius 1 is 1.19 bits per heavy atom. The molecular formula is C24H24O7. The van der Waals surface area contributed by atoms with E-state index in [4.69, 9.17) is 18.6 Å². The van der Waals surface area contributed by atoms with Gasteiger partial charge in [0.15, 0.2) is 11.5 Å². The minimum absolute atomic E-state index is 0.0559. The zero-order valence-corrected chi connectivity index (χ0v) is 17.6. The van der Waals surface area contributed by atoms with Gasteiger partial charge in [0.25, 0.3) is 0 Å². The molecule has 1 unspecified atom stereocenters. The molecule has 0 radical (unpaired) electrons. The maximum Gasteiger partial charge on any atom is 0.336 e. The largest absolute Gasteiger partial charge is 0.504 e. The van der Waals surface area contributed by atoms with E-state index in [1.165, 1.54) is 13.2 Å². The lowest BCUT2D eigenvalue weighted by molar-refractivity contribution is -0.161. The number of methoxy groups -OCH3 is 1. The van der Waals surface area contributed by atoms with Crippen LogP contribution in [0.5, 0.6) is 17.2 Å². The molecule has 0 aliphatic carbocycles. The number of carbonyl (C=O) groups excluding carboxylic acids is 1. The van der Waals surface area contributed by atoms with Gasteiger partial charge >= 0.3 is 11.6 Å². The Bertz CT molecular complexity index is 1190. The number of aryl methyl sites for hydroxylation is 1. The average Bonchev–Trinajstić information content (AvgIpc) is 2.72. The second-order valence-corrected chi connectivity index (χ2v) is 8.15. The molecule has 0 bridgehead atoms. The van der Waals surface area contributed by atoms with Crippen molar-refractivity contribution in [1.29, 1.82) is 0 Å². The minimum Gasteiger partial charge on any atom is -0.504 e. The van der Waals surface area contributed by atoms with E-state index in [1.54, 1.807) is 30.3 Å². The highest BCUT2D eigenvalue weighted by molar-refractivity contribution is 5.79. The molecule has 0 spiro atoms. The predicted octanol–water partition coefficient (Wildman–Crippen LogP) is 3.77. The normalized spacial score (nSPS) is 16.9. The Hall–Kier alpha value is -3.48. The number of fused-ring (bicyclic) bond motifs is 2. The van der Waals surface area contributed by atoms with Crippen LogP contribution in [0.3, 0.4) is 0 Å². The van der Waals surface area contributed by atoms with E-state index in [0.29, 0.717) is 29.9 Å². The van der Waals surface area contributed by atoms with Gasteiger partial charge in [-0.2, -0.15) is 0 Å². The van der Waals surface area contributed by atoms with Crippen molar-refractivity contribution in [3.05, 3.63) is 64.0 Å². The summed E-state index contributed by atoms with van der Waals surface area (Å²) in [6, 6.07) is 11.7. The van der Waals surface area contributed by atoms with Gasteiger partial charge in [-0.25, -0.2) is 4.79 Å². The molecule has 2 heterocycles. The second-order valence-electron chi connectivity index (χ2n) is 8.15. The summed E-state index contributed by atoms with van der Waals surface area (Å²) in [6.07, 6.45) is 0.686. The highest BCUT2D eigenvalue weighted by atomic mass is 16.6. The zero-order chi connectivity index (χ0) is 22.2. The number of hydrogen-bond acceptors (Lipinski definition) is 7. The second kappa shape index (κ2) is 7.98. The summed E-state index contributed by atoms with van der Waals surface area (Å²) in [5.41, 5.74) is 1.06. The van der Waals surface area contributed by atoms with Crippen LogP contribution in [0, 0.1) is 0 Å². The molecule has 4 rings (SSSR count). The lowest BCUT2D eigenvalue weighted by Crippen LogP contribution is -2.48. The molecule has 0 saturated carbocycles. The molecule has 1 N–H and O–H groups in total. The molecule has 162 valence electrons. The first-order valence-electron chi connectivity index (χ1n) is 10.1. The van der Waals surface area contributed by atoms with Gasteiger partial charge in [0.1, 0.15) is 23.0 Å². The fraction of sp³-hybridized carbons (Fsp3) is 0.333. The minimum atomic E-state index is -0.743. The number of rotatable bonds is 5. The fourth-order valence-corrected chi connectivity index (χ4v) is 3.72. The summed E-state index contributed by atoms with van der Waals surface area (Å²) in [6.45, 7) is 3.73. The lowest BCUT2D eigenvalue weighted by Gasteiger charge is -2.39. The topological polar surface area (TPSA) is 95.2 Å². The number of ether oxygens (including phenoxy) is 3. The monoisotopic (exact) mass is 424 g/mol. The summed E-state index contributed by atoms with van der Waals surface area (Å²) >= 11 is 0. The zero-order valence-electron chi connectivity index (χ0n) is 17.6. The third-order valence-corrected chi connectivity index (χ3v) is 5.49. The van der Waals surface area contributed by atoms with Crippen LogP contribution in [0.2, 0.25) is 0 Å². The van der Waals surface area contributed by atoms with Gasteiger partial charge in [0, 0.05) is 30.4 Å².